The van der Waals surface area contributed by atoms with Crippen LogP contribution in [-0.2, 0) is 11.8 Å². The van der Waals surface area contributed by atoms with Gasteiger partial charge in [0, 0.05) is 18.0 Å². The molecule has 0 aliphatic carbocycles. The van der Waals surface area contributed by atoms with Crippen molar-refractivity contribution >= 4 is 28.3 Å². The van der Waals surface area contributed by atoms with Crippen molar-refractivity contribution in [2.45, 2.75) is 6.92 Å². The van der Waals surface area contributed by atoms with E-state index in [1.54, 1.807) is 32.5 Å². The van der Waals surface area contributed by atoms with Crippen molar-refractivity contribution in [3.63, 3.8) is 0 Å². The molecular formula is C18H18N4O4S. The number of amides is 1. The number of carbonyl (C=O) groups excluding carboxylic acids is 2. The van der Waals surface area contributed by atoms with Crippen molar-refractivity contribution in [2.24, 2.45) is 7.05 Å². The lowest BCUT2D eigenvalue weighted by Gasteiger charge is -2.01. The molecule has 1 aromatic carbocycles. The van der Waals surface area contributed by atoms with Gasteiger partial charge in [-0.3, -0.25) is 14.8 Å². The van der Waals surface area contributed by atoms with Gasteiger partial charge in [-0.15, -0.1) is 11.3 Å². The van der Waals surface area contributed by atoms with Gasteiger partial charge in [-0.1, -0.05) is 0 Å². The van der Waals surface area contributed by atoms with Crippen LogP contribution in [0, 0.1) is 0 Å². The third-order valence-electron chi connectivity index (χ3n) is 3.71. The van der Waals surface area contributed by atoms with Crippen molar-refractivity contribution in [2.75, 3.05) is 19.0 Å². The molecule has 0 bridgehead atoms. The fourth-order valence-corrected chi connectivity index (χ4v) is 3.05. The van der Waals surface area contributed by atoms with E-state index >= 15 is 0 Å². The van der Waals surface area contributed by atoms with E-state index < -0.39 is 5.97 Å². The third kappa shape index (κ3) is 4.14. The molecule has 1 N–H and O–H groups in total. The van der Waals surface area contributed by atoms with Gasteiger partial charge >= 0.3 is 5.97 Å². The Morgan fingerprint density at radius 2 is 2.00 bits per heavy atom. The molecule has 0 aliphatic heterocycles. The van der Waals surface area contributed by atoms with Gasteiger partial charge in [0.25, 0.3) is 5.91 Å². The second-order valence-corrected chi connectivity index (χ2v) is 6.34. The Bertz CT molecular complexity index is 962. The normalized spacial score (nSPS) is 10.5. The molecule has 3 aromatic rings. The van der Waals surface area contributed by atoms with E-state index in [1.807, 2.05) is 24.3 Å². The van der Waals surface area contributed by atoms with Crippen LogP contribution < -0.4 is 10.1 Å². The minimum atomic E-state index is -0.517. The number of hydrogen-bond acceptors (Lipinski definition) is 7. The molecule has 3 rings (SSSR count). The summed E-state index contributed by atoms with van der Waals surface area (Å²) in [5, 5.41) is 8.92. The maximum atomic E-state index is 12.5. The number of rotatable bonds is 6. The zero-order valence-corrected chi connectivity index (χ0v) is 15.9. The van der Waals surface area contributed by atoms with Crippen molar-refractivity contribution in [1.82, 2.24) is 14.8 Å². The zero-order valence-electron chi connectivity index (χ0n) is 15.1. The minimum Gasteiger partial charge on any atom is -0.497 e. The third-order valence-corrected chi connectivity index (χ3v) is 4.47. The summed E-state index contributed by atoms with van der Waals surface area (Å²) >= 11 is 1.15. The molecule has 140 valence electrons. The number of carbonyl (C=O) groups is 2. The summed E-state index contributed by atoms with van der Waals surface area (Å²) in [6.07, 6.45) is 0. The molecule has 0 fully saturated rings. The maximum absolute atomic E-state index is 12.5. The van der Waals surface area contributed by atoms with Crippen LogP contribution in [0.1, 0.15) is 27.9 Å². The van der Waals surface area contributed by atoms with Crippen molar-refractivity contribution < 1.29 is 19.1 Å². The fraction of sp³-hybridized carbons (Fsp3) is 0.222. The molecule has 2 heterocycles. The summed E-state index contributed by atoms with van der Waals surface area (Å²) in [6.45, 7) is 1.98. The number of ether oxygens (including phenoxy) is 2. The minimum absolute atomic E-state index is 0.168. The lowest BCUT2D eigenvalue weighted by atomic mass is 10.1. The fourth-order valence-electron chi connectivity index (χ4n) is 2.37. The number of hydrogen-bond donors (Lipinski definition) is 1. The molecular weight excluding hydrogens is 368 g/mol. The first-order chi connectivity index (χ1) is 13.0. The summed E-state index contributed by atoms with van der Waals surface area (Å²) in [4.78, 5) is 28.3. The monoisotopic (exact) mass is 386 g/mol. The molecule has 0 radical (unpaired) electrons. The van der Waals surface area contributed by atoms with Crippen molar-refractivity contribution in [1.29, 1.82) is 0 Å². The highest BCUT2D eigenvalue weighted by atomic mass is 32.1. The van der Waals surface area contributed by atoms with E-state index in [9.17, 15) is 9.59 Å². The molecule has 0 aliphatic rings. The molecule has 0 atom stereocenters. The van der Waals surface area contributed by atoms with Crippen molar-refractivity contribution in [3.8, 4) is 17.0 Å². The SMILES string of the molecule is CCOC(=O)c1csc(NC(=O)c2cc(-c3ccc(OC)cc3)nn2C)n1. The van der Waals surface area contributed by atoms with Gasteiger partial charge in [-0.2, -0.15) is 5.10 Å². The number of nitrogens with zero attached hydrogens (tertiary/aromatic N) is 3. The highest BCUT2D eigenvalue weighted by molar-refractivity contribution is 7.14. The topological polar surface area (TPSA) is 95.3 Å². The second-order valence-electron chi connectivity index (χ2n) is 5.48. The van der Waals surface area contributed by atoms with Crippen LogP contribution in [0.15, 0.2) is 35.7 Å². The number of thiazole rings is 1. The Kier molecular flexibility index (Phi) is 5.51. The molecule has 9 heteroatoms. The van der Waals surface area contributed by atoms with Crippen LogP contribution in [0.4, 0.5) is 5.13 Å². The average Bonchev–Trinajstić information content (AvgIpc) is 3.29. The molecule has 0 unspecified atom stereocenters. The van der Waals surface area contributed by atoms with Crippen LogP contribution in [0.2, 0.25) is 0 Å². The highest BCUT2D eigenvalue weighted by Gasteiger charge is 2.17. The van der Waals surface area contributed by atoms with Gasteiger partial charge < -0.3 is 9.47 Å². The average molecular weight is 386 g/mol. The van der Waals surface area contributed by atoms with E-state index in [1.165, 1.54) is 4.68 Å². The smallest absolute Gasteiger partial charge is 0.357 e. The Morgan fingerprint density at radius 1 is 1.26 bits per heavy atom. The second kappa shape index (κ2) is 8.00. The first kappa shape index (κ1) is 18.6. The number of methoxy groups -OCH3 is 1. The molecule has 2 aromatic heterocycles. The van der Waals surface area contributed by atoms with Gasteiger partial charge in [0.2, 0.25) is 0 Å². The quantitative estimate of drug-likeness (QED) is 0.655. The van der Waals surface area contributed by atoms with E-state index in [0.717, 1.165) is 22.6 Å². The Labute approximate surface area is 159 Å². The summed E-state index contributed by atoms with van der Waals surface area (Å²) in [6, 6.07) is 9.09. The van der Waals surface area contributed by atoms with Crippen LogP contribution in [-0.4, -0.2) is 40.4 Å². The molecule has 0 saturated heterocycles. The summed E-state index contributed by atoms with van der Waals surface area (Å²) in [7, 11) is 3.29. The number of nitrogens with one attached hydrogen (secondary N) is 1. The van der Waals surface area contributed by atoms with E-state index in [4.69, 9.17) is 9.47 Å². The van der Waals surface area contributed by atoms with Crippen LogP contribution in [0.5, 0.6) is 5.75 Å². The number of benzene rings is 1. The molecule has 0 spiro atoms. The Balaban J connectivity index is 1.75. The van der Waals surface area contributed by atoms with Crippen molar-refractivity contribution in [3.05, 3.63) is 47.1 Å². The van der Waals surface area contributed by atoms with Gasteiger partial charge in [-0.25, -0.2) is 9.78 Å². The van der Waals surface area contributed by atoms with Gasteiger partial charge in [0.15, 0.2) is 10.8 Å². The maximum Gasteiger partial charge on any atom is 0.357 e. The number of aryl methyl sites for hydroxylation is 1. The molecule has 8 nitrogen and oxygen atoms in total. The number of esters is 1. The Morgan fingerprint density at radius 3 is 2.67 bits per heavy atom. The van der Waals surface area contributed by atoms with E-state index in [-0.39, 0.29) is 18.2 Å². The van der Waals surface area contributed by atoms with Gasteiger partial charge in [0.05, 0.1) is 19.4 Å². The Hall–Kier alpha value is -3.20. The predicted octanol–water partition coefficient (Wildman–Crippen LogP) is 2.98. The van der Waals surface area contributed by atoms with Crippen LogP contribution in [0.25, 0.3) is 11.3 Å². The first-order valence-corrected chi connectivity index (χ1v) is 9.02. The standard InChI is InChI=1S/C18H18N4O4S/c1-4-26-17(24)14-10-27-18(19-14)20-16(23)15-9-13(21-22(15)2)11-5-7-12(25-3)8-6-11/h5-10H,4H2,1-3H3,(H,19,20,23). The van der Waals surface area contributed by atoms with Gasteiger partial charge in [0.1, 0.15) is 11.4 Å². The van der Waals surface area contributed by atoms with E-state index in [2.05, 4.69) is 15.4 Å². The van der Waals surface area contributed by atoms with Crippen LogP contribution >= 0.6 is 11.3 Å². The summed E-state index contributed by atoms with van der Waals surface area (Å²) < 4.78 is 11.5. The van der Waals surface area contributed by atoms with E-state index in [0.29, 0.717) is 16.5 Å². The molecule has 0 saturated carbocycles. The van der Waals surface area contributed by atoms with Crippen LogP contribution in [0.3, 0.4) is 0 Å². The lowest BCUT2D eigenvalue weighted by molar-refractivity contribution is 0.0520. The molecule has 27 heavy (non-hydrogen) atoms. The largest absolute Gasteiger partial charge is 0.497 e. The zero-order chi connectivity index (χ0) is 19.4. The first-order valence-electron chi connectivity index (χ1n) is 8.14. The summed E-state index contributed by atoms with van der Waals surface area (Å²) in [5.41, 5.74) is 2.07. The highest BCUT2D eigenvalue weighted by Crippen LogP contribution is 2.23. The number of aromatic nitrogens is 3. The lowest BCUT2D eigenvalue weighted by Crippen LogP contribution is -2.16. The number of anilines is 1. The predicted molar refractivity (Wildman–Crippen MR) is 101 cm³/mol. The summed E-state index contributed by atoms with van der Waals surface area (Å²) in [5.74, 6) is -0.139. The molecule has 1 amide bonds. The van der Waals surface area contributed by atoms with Gasteiger partial charge in [-0.05, 0) is 37.3 Å².